The predicted octanol–water partition coefficient (Wildman–Crippen LogP) is 1.22. The first-order chi connectivity index (χ1) is 8.56. The molecule has 6 heteroatoms. The average Bonchev–Trinajstić information content (AvgIpc) is 2.37. The first-order valence-corrected chi connectivity index (χ1v) is 5.35. The fourth-order valence-electron chi connectivity index (χ4n) is 1.56. The van der Waals surface area contributed by atoms with Crippen molar-refractivity contribution >= 4 is 5.97 Å². The first kappa shape index (κ1) is 14.1. The normalized spacial score (nSPS) is 11.8. The average molecular weight is 256 g/mol. The third-order valence-corrected chi connectivity index (χ3v) is 2.35. The van der Waals surface area contributed by atoms with Crippen molar-refractivity contribution in [3.05, 3.63) is 17.7 Å². The maximum absolute atomic E-state index is 10.8. The highest BCUT2D eigenvalue weighted by molar-refractivity contribution is 5.76. The molecule has 0 bridgehead atoms. The van der Waals surface area contributed by atoms with Gasteiger partial charge in [0.25, 0.3) is 0 Å². The number of carboxylic acids is 1. The van der Waals surface area contributed by atoms with Crippen LogP contribution in [-0.2, 0) is 4.79 Å². The molecular formula is C12H16O6. The summed E-state index contributed by atoms with van der Waals surface area (Å²) in [6.45, 7) is 2.05. The van der Waals surface area contributed by atoms with Crippen LogP contribution in [-0.4, -0.2) is 37.0 Å². The number of aliphatic hydroxyl groups excluding tert-OH is 1. The lowest BCUT2D eigenvalue weighted by Crippen LogP contribution is -2.13. The predicted molar refractivity (Wildman–Crippen MR) is 63.3 cm³/mol. The second-order valence-corrected chi connectivity index (χ2v) is 3.39. The Balaban J connectivity index is 3.38. The molecule has 1 aromatic carbocycles. The van der Waals surface area contributed by atoms with Gasteiger partial charge >= 0.3 is 5.97 Å². The van der Waals surface area contributed by atoms with Crippen LogP contribution >= 0.6 is 0 Å². The number of carbonyl (C=O) groups is 1. The van der Waals surface area contributed by atoms with Gasteiger partial charge in [0.1, 0.15) is 0 Å². The molecule has 0 spiro atoms. The third kappa shape index (κ3) is 2.65. The lowest BCUT2D eigenvalue weighted by atomic mass is 10.1. The van der Waals surface area contributed by atoms with E-state index in [1.807, 2.05) is 0 Å². The minimum Gasteiger partial charge on any atom is -0.493 e. The molecule has 0 aromatic heterocycles. The van der Waals surface area contributed by atoms with Crippen molar-refractivity contribution in [2.24, 2.45) is 0 Å². The third-order valence-electron chi connectivity index (χ3n) is 2.35. The van der Waals surface area contributed by atoms with Crippen molar-refractivity contribution < 1.29 is 29.2 Å². The monoisotopic (exact) mass is 256 g/mol. The van der Waals surface area contributed by atoms with Crippen LogP contribution in [0.2, 0.25) is 0 Å². The van der Waals surface area contributed by atoms with Crippen LogP contribution in [0.15, 0.2) is 12.1 Å². The van der Waals surface area contributed by atoms with Gasteiger partial charge in [-0.2, -0.15) is 0 Å². The quantitative estimate of drug-likeness (QED) is 0.796. The minimum absolute atomic E-state index is 0.127. The molecule has 0 radical (unpaired) electrons. The van der Waals surface area contributed by atoms with Crippen molar-refractivity contribution in [1.82, 2.24) is 0 Å². The number of hydrogen-bond acceptors (Lipinski definition) is 5. The zero-order valence-corrected chi connectivity index (χ0v) is 10.5. The second kappa shape index (κ2) is 6.11. The van der Waals surface area contributed by atoms with Crippen LogP contribution in [0.5, 0.6) is 17.2 Å². The van der Waals surface area contributed by atoms with E-state index in [9.17, 15) is 9.90 Å². The standard InChI is InChI=1S/C12H16O6/c1-4-18-10-7(9(13)12(14)15)5-6-8(16-2)11(10)17-3/h5-6,9,13H,4H2,1-3H3,(H,14,15). The number of ether oxygens (including phenoxy) is 3. The molecule has 0 aliphatic rings. The number of hydrogen-bond donors (Lipinski definition) is 2. The van der Waals surface area contributed by atoms with Gasteiger partial charge in [0, 0.05) is 5.56 Å². The van der Waals surface area contributed by atoms with Crippen molar-refractivity contribution in [3.63, 3.8) is 0 Å². The molecule has 6 nitrogen and oxygen atoms in total. The number of methoxy groups -OCH3 is 2. The molecule has 0 saturated heterocycles. The fourth-order valence-corrected chi connectivity index (χ4v) is 1.56. The van der Waals surface area contributed by atoms with Crippen LogP contribution < -0.4 is 14.2 Å². The Labute approximate surface area is 105 Å². The van der Waals surface area contributed by atoms with Crippen molar-refractivity contribution in [2.75, 3.05) is 20.8 Å². The highest BCUT2D eigenvalue weighted by Gasteiger charge is 2.25. The number of rotatable bonds is 6. The fraction of sp³-hybridized carbons (Fsp3) is 0.417. The second-order valence-electron chi connectivity index (χ2n) is 3.39. The molecule has 0 amide bonds. The molecule has 18 heavy (non-hydrogen) atoms. The molecule has 1 unspecified atom stereocenters. The topological polar surface area (TPSA) is 85.2 Å². The zero-order valence-electron chi connectivity index (χ0n) is 10.5. The Morgan fingerprint density at radius 2 is 1.94 bits per heavy atom. The lowest BCUT2D eigenvalue weighted by molar-refractivity contribution is -0.147. The van der Waals surface area contributed by atoms with Crippen molar-refractivity contribution in [3.8, 4) is 17.2 Å². The van der Waals surface area contributed by atoms with Crippen LogP contribution in [0.4, 0.5) is 0 Å². The summed E-state index contributed by atoms with van der Waals surface area (Å²) in [7, 11) is 2.87. The van der Waals surface area contributed by atoms with E-state index >= 15 is 0 Å². The molecular weight excluding hydrogens is 240 g/mol. The number of carboxylic acid groups (broad SMARTS) is 1. The summed E-state index contributed by atoms with van der Waals surface area (Å²) in [6.07, 6.45) is -1.67. The van der Waals surface area contributed by atoms with Gasteiger partial charge in [0.05, 0.1) is 20.8 Å². The van der Waals surface area contributed by atoms with E-state index in [2.05, 4.69) is 0 Å². The molecule has 0 fully saturated rings. The number of aliphatic hydroxyl groups is 1. The van der Waals surface area contributed by atoms with Gasteiger partial charge in [-0.15, -0.1) is 0 Å². The summed E-state index contributed by atoms with van der Waals surface area (Å²) < 4.78 is 15.6. The Morgan fingerprint density at radius 3 is 2.39 bits per heavy atom. The van der Waals surface area contributed by atoms with E-state index in [0.717, 1.165) is 0 Å². The van der Waals surface area contributed by atoms with E-state index in [-0.39, 0.29) is 17.1 Å². The van der Waals surface area contributed by atoms with E-state index in [4.69, 9.17) is 19.3 Å². The molecule has 0 heterocycles. The molecule has 2 N–H and O–H groups in total. The highest BCUT2D eigenvalue weighted by atomic mass is 16.5. The molecule has 0 saturated carbocycles. The summed E-state index contributed by atoms with van der Waals surface area (Å²) >= 11 is 0. The van der Waals surface area contributed by atoms with Gasteiger partial charge < -0.3 is 24.4 Å². The summed E-state index contributed by atoms with van der Waals surface area (Å²) in [5, 5.41) is 18.5. The highest BCUT2D eigenvalue weighted by Crippen LogP contribution is 2.42. The van der Waals surface area contributed by atoms with E-state index in [1.165, 1.54) is 26.4 Å². The Bertz CT molecular complexity index is 429. The molecule has 0 aliphatic carbocycles. The van der Waals surface area contributed by atoms with Gasteiger partial charge in [-0.05, 0) is 19.1 Å². The van der Waals surface area contributed by atoms with Crippen LogP contribution in [0.25, 0.3) is 0 Å². The van der Waals surface area contributed by atoms with Gasteiger partial charge in [-0.25, -0.2) is 4.79 Å². The van der Waals surface area contributed by atoms with Gasteiger partial charge in [-0.1, -0.05) is 0 Å². The molecule has 0 aliphatic heterocycles. The Kier molecular flexibility index (Phi) is 4.79. The van der Waals surface area contributed by atoms with E-state index in [1.54, 1.807) is 6.92 Å². The van der Waals surface area contributed by atoms with Gasteiger partial charge in [0.15, 0.2) is 17.6 Å². The zero-order chi connectivity index (χ0) is 13.7. The number of benzene rings is 1. The lowest BCUT2D eigenvalue weighted by Gasteiger charge is -2.18. The van der Waals surface area contributed by atoms with E-state index < -0.39 is 12.1 Å². The molecule has 100 valence electrons. The summed E-state index contributed by atoms with van der Waals surface area (Å²) in [6, 6.07) is 2.95. The van der Waals surface area contributed by atoms with Gasteiger partial charge in [-0.3, -0.25) is 0 Å². The smallest absolute Gasteiger partial charge is 0.337 e. The van der Waals surface area contributed by atoms with Crippen LogP contribution in [0.1, 0.15) is 18.6 Å². The molecule has 1 atom stereocenters. The first-order valence-electron chi connectivity index (χ1n) is 5.35. The van der Waals surface area contributed by atoms with Crippen molar-refractivity contribution in [1.29, 1.82) is 0 Å². The Hall–Kier alpha value is -1.95. The van der Waals surface area contributed by atoms with Crippen LogP contribution in [0, 0.1) is 0 Å². The van der Waals surface area contributed by atoms with E-state index in [0.29, 0.717) is 12.4 Å². The van der Waals surface area contributed by atoms with Crippen molar-refractivity contribution in [2.45, 2.75) is 13.0 Å². The maximum Gasteiger partial charge on any atom is 0.337 e. The maximum atomic E-state index is 10.8. The van der Waals surface area contributed by atoms with Crippen LogP contribution in [0.3, 0.4) is 0 Å². The molecule has 1 rings (SSSR count). The number of aliphatic carboxylic acids is 1. The molecule has 1 aromatic rings. The SMILES string of the molecule is CCOc1c(C(O)C(=O)O)ccc(OC)c1OC. The summed E-state index contributed by atoms with van der Waals surface area (Å²) in [5.74, 6) is -0.517. The Morgan fingerprint density at radius 1 is 1.28 bits per heavy atom. The minimum atomic E-state index is -1.67. The summed E-state index contributed by atoms with van der Waals surface area (Å²) in [4.78, 5) is 10.8. The summed E-state index contributed by atoms with van der Waals surface area (Å²) in [5.41, 5.74) is 0.127. The largest absolute Gasteiger partial charge is 0.493 e. The van der Waals surface area contributed by atoms with Gasteiger partial charge in [0.2, 0.25) is 5.75 Å².